The normalized spacial score (nSPS) is 13.3. The standard InChI is InChI=1S/C14H23NO3S/c1-5-12-8-7-9-13(6-2)14(12)15(10-11(3)16)19(4,17)18/h7-9,11,16H,5-6,10H2,1-4H3. The van der Waals surface area contributed by atoms with Gasteiger partial charge in [-0.3, -0.25) is 4.31 Å². The molecule has 0 aromatic heterocycles. The van der Waals surface area contributed by atoms with E-state index in [0.29, 0.717) is 0 Å². The number of nitrogens with zero attached hydrogens (tertiary/aromatic N) is 1. The molecule has 1 unspecified atom stereocenters. The summed E-state index contributed by atoms with van der Waals surface area (Å²) in [5, 5.41) is 9.57. The van der Waals surface area contributed by atoms with Crippen LogP contribution in [0, 0.1) is 0 Å². The minimum absolute atomic E-state index is 0.0862. The molecule has 108 valence electrons. The number of aryl methyl sites for hydroxylation is 2. The Morgan fingerprint density at radius 1 is 1.21 bits per heavy atom. The van der Waals surface area contributed by atoms with Gasteiger partial charge in [0, 0.05) is 0 Å². The Hall–Kier alpha value is -1.07. The Labute approximate surface area is 116 Å². The smallest absolute Gasteiger partial charge is 0.232 e. The first kappa shape index (κ1) is 16.0. The van der Waals surface area contributed by atoms with Crippen LogP contribution in [0.3, 0.4) is 0 Å². The lowest BCUT2D eigenvalue weighted by Gasteiger charge is -2.28. The third-order valence-corrected chi connectivity index (χ3v) is 4.18. The summed E-state index contributed by atoms with van der Waals surface area (Å²) in [5.41, 5.74) is 2.71. The lowest BCUT2D eigenvalue weighted by molar-refractivity contribution is 0.204. The number of benzene rings is 1. The van der Waals surface area contributed by atoms with Crippen LogP contribution in [0.4, 0.5) is 5.69 Å². The van der Waals surface area contributed by atoms with E-state index >= 15 is 0 Å². The van der Waals surface area contributed by atoms with Crippen LogP contribution in [-0.2, 0) is 22.9 Å². The van der Waals surface area contributed by atoms with Gasteiger partial charge in [0.2, 0.25) is 10.0 Å². The maximum Gasteiger partial charge on any atom is 0.232 e. The zero-order valence-corrected chi connectivity index (χ0v) is 12.9. The zero-order valence-electron chi connectivity index (χ0n) is 12.0. The molecule has 0 spiro atoms. The Morgan fingerprint density at radius 3 is 2.00 bits per heavy atom. The molecule has 1 N–H and O–H groups in total. The van der Waals surface area contributed by atoms with Crippen molar-refractivity contribution in [3.8, 4) is 0 Å². The van der Waals surface area contributed by atoms with E-state index in [-0.39, 0.29) is 6.54 Å². The van der Waals surface area contributed by atoms with Crippen LogP contribution in [0.1, 0.15) is 31.9 Å². The average Bonchev–Trinajstić information content (AvgIpc) is 2.33. The van der Waals surface area contributed by atoms with E-state index in [2.05, 4.69) is 0 Å². The van der Waals surface area contributed by atoms with Gasteiger partial charge in [-0.05, 0) is 30.9 Å². The van der Waals surface area contributed by atoms with Gasteiger partial charge >= 0.3 is 0 Å². The van der Waals surface area contributed by atoms with Gasteiger partial charge in [-0.25, -0.2) is 8.42 Å². The molecule has 0 aliphatic carbocycles. The molecular formula is C14H23NO3S. The molecule has 5 heteroatoms. The van der Waals surface area contributed by atoms with Crippen molar-refractivity contribution in [1.82, 2.24) is 0 Å². The molecule has 0 bridgehead atoms. The summed E-state index contributed by atoms with van der Waals surface area (Å²) in [6.07, 6.45) is 2.00. The first-order chi connectivity index (χ1) is 8.81. The SMILES string of the molecule is CCc1cccc(CC)c1N(CC(C)O)S(C)(=O)=O. The van der Waals surface area contributed by atoms with Gasteiger partial charge in [-0.15, -0.1) is 0 Å². The van der Waals surface area contributed by atoms with Crippen LogP contribution >= 0.6 is 0 Å². The second kappa shape index (κ2) is 6.39. The molecule has 1 aromatic rings. The van der Waals surface area contributed by atoms with Gasteiger partial charge in [0.15, 0.2) is 0 Å². The van der Waals surface area contributed by atoms with Gasteiger partial charge in [-0.1, -0.05) is 32.0 Å². The lowest BCUT2D eigenvalue weighted by Crippen LogP contribution is -2.37. The molecule has 0 radical (unpaired) electrons. The second-order valence-corrected chi connectivity index (χ2v) is 6.68. The Balaban J connectivity index is 3.44. The highest BCUT2D eigenvalue weighted by Crippen LogP contribution is 2.29. The molecule has 0 aliphatic heterocycles. The second-order valence-electron chi connectivity index (χ2n) is 4.78. The highest BCUT2D eigenvalue weighted by Gasteiger charge is 2.23. The Morgan fingerprint density at radius 2 is 1.68 bits per heavy atom. The molecule has 1 atom stereocenters. The first-order valence-corrected chi connectivity index (χ1v) is 8.42. The molecule has 0 saturated heterocycles. The van der Waals surface area contributed by atoms with Crippen molar-refractivity contribution >= 4 is 15.7 Å². The van der Waals surface area contributed by atoms with Crippen molar-refractivity contribution in [2.75, 3.05) is 17.1 Å². The van der Waals surface area contributed by atoms with Crippen molar-refractivity contribution < 1.29 is 13.5 Å². The van der Waals surface area contributed by atoms with E-state index in [9.17, 15) is 13.5 Å². The Kier molecular flexibility index (Phi) is 5.38. The van der Waals surface area contributed by atoms with Crippen LogP contribution in [0.15, 0.2) is 18.2 Å². The number of para-hydroxylation sites is 1. The number of hydrogen-bond acceptors (Lipinski definition) is 3. The fourth-order valence-corrected chi connectivity index (χ4v) is 3.22. The Bertz CT molecular complexity index is 501. The van der Waals surface area contributed by atoms with Crippen LogP contribution in [0.25, 0.3) is 0 Å². The van der Waals surface area contributed by atoms with Crippen LogP contribution in [-0.4, -0.2) is 32.4 Å². The van der Waals surface area contributed by atoms with E-state index in [0.717, 1.165) is 29.7 Å². The fourth-order valence-electron chi connectivity index (χ4n) is 2.17. The van der Waals surface area contributed by atoms with Crippen molar-refractivity contribution in [3.63, 3.8) is 0 Å². The summed E-state index contributed by atoms with van der Waals surface area (Å²) in [6, 6.07) is 5.83. The molecule has 4 nitrogen and oxygen atoms in total. The minimum Gasteiger partial charge on any atom is -0.392 e. The highest BCUT2D eigenvalue weighted by atomic mass is 32.2. The number of aliphatic hydroxyl groups excluding tert-OH is 1. The summed E-state index contributed by atoms with van der Waals surface area (Å²) >= 11 is 0. The number of aliphatic hydroxyl groups is 1. The largest absolute Gasteiger partial charge is 0.392 e. The van der Waals surface area contributed by atoms with Crippen molar-refractivity contribution in [1.29, 1.82) is 0 Å². The van der Waals surface area contributed by atoms with Gasteiger partial charge in [0.1, 0.15) is 0 Å². The third-order valence-electron chi connectivity index (χ3n) is 3.04. The van der Waals surface area contributed by atoms with Crippen LogP contribution in [0.5, 0.6) is 0 Å². The maximum absolute atomic E-state index is 12.0. The van der Waals surface area contributed by atoms with Gasteiger partial charge in [-0.2, -0.15) is 0 Å². The summed E-state index contributed by atoms with van der Waals surface area (Å²) in [5.74, 6) is 0. The molecule has 0 aliphatic rings. The summed E-state index contributed by atoms with van der Waals surface area (Å²) in [6.45, 7) is 5.68. The monoisotopic (exact) mass is 285 g/mol. The quantitative estimate of drug-likeness (QED) is 0.869. The summed E-state index contributed by atoms with van der Waals surface area (Å²) in [7, 11) is -3.40. The molecule has 1 aromatic carbocycles. The third kappa shape index (κ3) is 3.94. The van der Waals surface area contributed by atoms with Crippen LogP contribution < -0.4 is 4.31 Å². The highest BCUT2D eigenvalue weighted by molar-refractivity contribution is 7.92. The first-order valence-electron chi connectivity index (χ1n) is 6.57. The van der Waals surface area contributed by atoms with E-state index in [1.807, 2.05) is 32.0 Å². The minimum atomic E-state index is -3.40. The van der Waals surface area contributed by atoms with Crippen LogP contribution in [0.2, 0.25) is 0 Å². The van der Waals surface area contributed by atoms with Gasteiger partial charge in [0.05, 0.1) is 24.6 Å². The predicted octanol–water partition coefficient (Wildman–Crippen LogP) is 1.96. The maximum atomic E-state index is 12.0. The van der Waals surface area contributed by atoms with Crippen molar-refractivity contribution in [3.05, 3.63) is 29.3 Å². The van der Waals surface area contributed by atoms with E-state index in [4.69, 9.17) is 0 Å². The van der Waals surface area contributed by atoms with Gasteiger partial charge < -0.3 is 5.11 Å². The summed E-state index contributed by atoms with van der Waals surface area (Å²) < 4.78 is 25.4. The predicted molar refractivity (Wildman–Crippen MR) is 79.1 cm³/mol. The lowest BCUT2D eigenvalue weighted by atomic mass is 10.0. The molecule has 1 rings (SSSR count). The van der Waals surface area contributed by atoms with E-state index < -0.39 is 16.1 Å². The topological polar surface area (TPSA) is 57.6 Å². The number of rotatable bonds is 6. The average molecular weight is 285 g/mol. The van der Waals surface area contributed by atoms with E-state index in [1.165, 1.54) is 10.6 Å². The number of sulfonamides is 1. The van der Waals surface area contributed by atoms with Gasteiger partial charge in [0.25, 0.3) is 0 Å². The number of anilines is 1. The molecule has 0 saturated carbocycles. The molecule has 19 heavy (non-hydrogen) atoms. The molecule has 0 amide bonds. The fraction of sp³-hybridized carbons (Fsp3) is 0.571. The van der Waals surface area contributed by atoms with Crippen molar-refractivity contribution in [2.24, 2.45) is 0 Å². The van der Waals surface area contributed by atoms with Crippen molar-refractivity contribution in [2.45, 2.75) is 39.7 Å². The molecule has 0 heterocycles. The molecule has 0 fully saturated rings. The van der Waals surface area contributed by atoms with E-state index in [1.54, 1.807) is 6.92 Å². The summed E-state index contributed by atoms with van der Waals surface area (Å²) in [4.78, 5) is 0. The zero-order chi connectivity index (χ0) is 14.6. The molecular weight excluding hydrogens is 262 g/mol. The number of hydrogen-bond donors (Lipinski definition) is 1.